The molecule has 16 nitrogen and oxygen atoms in total. The van der Waals surface area contributed by atoms with Gasteiger partial charge in [0.2, 0.25) is 0 Å². The summed E-state index contributed by atoms with van der Waals surface area (Å²) in [5.74, 6) is 8.28. The number of oxazole rings is 5. The van der Waals surface area contributed by atoms with Crippen LogP contribution in [0.4, 0.5) is 0 Å². The van der Waals surface area contributed by atoms with Crippen molar-refractivity contribution < 1.29 is 50.8 Å². The van der Waals surface area contributed by atoms with Crippen LogP contribution in [0.1, 0.15) is 39.9 Å². The predicted octanol–water partition coefficient (Wildman–Crippen LogP) is 23.4. The Bertz CT molecular complexity index is 6740. The van der Waals surface area contributed by atoms with E-state index < -0.39 is 7.12 Å². The zero-order valence-electron chi connectivity index (χ0n) is 63.3. The molecule has 0 aliphatic heterocycles. The molecule has 0 unspecified atom stereocenters. The molecule has 14 aromatic carbocycles. The highest BCUT2D eigenvalue weighted by molar-refractivity contribution is 9.10. The molecular weight excluding hydrogens is 1510 g/mol. The molecule has 6 aromatic heterocycles. The summed E-state index contributed by atoms with van der Waals surface area (Å²) < 4.78 is 53.1. The van der Waals surface area contributed by atoms with Gasteiger partial charge in [0.1, 0.15) is 23.0 Å². The average Bonchev–Trinajstić information content (AvgIpc) is 0.822. The van der Waals surface area contributed by atoms with E-state index in [2.05, 4.69) is 187 Å². The minimum absolute atomic E-state index is 0.507. The lowest BCUT2D eigenvalue weighted by Crippen LogP contribution is -2.29. The predicted molar refractivity (Wildman–Crippen MR) is 460 cm³/mol. The van der Waals surface area contributed by atoms with Crippen molar-refractivity contribution in [3.63, 3.8) is 0 Å². The molecular formula is C98H71BBrN5O11. The molecule has 0 aliphatic rings. The van der Waals surface area contributed by atoms with E-state index in [1.165, 1.54) is 61.4 Å². The van der Waals surface area contributed by atoms with E-state index >= 15 is 0 Å². The van der Waals surface area contributed by atoms with Gasteiger partial charge < -0.3 is 50.8 Å². The van der Waals surface area contributed by atoms with E-state index in [9.17, 15) is 10.0 Å². The van der Waals surface area contributed by atoms with Crippen molar-refractivity contribution in [1.82, 2.24) is 24.9 Å². The third-order valence-corrected chi connectivity index (χ3v) is 21.7. The third-order valence-electron chi connectivity index (χ3n) is 21.0. The Morgan fingerprint density at radius 1 is 0.328 bits per heavy atom. The summed E-state index contributed by atoms with van der Waals surface area (Å²) in [7, 11) is 3.52. The van der Waals surface area contributed by atoms with Crippen LogP contribution in [0, 0.1) is 6.92 Å². The fraction of sp³-hybridized carbons (Fsp3) is 0.0714. The molecule has 0 saturated heterocycles. The van der Waals surface area contributed by atoms with Gasteiger partial charge in [0, 0.05) is 40.4 Å². The molecule has 20 aromatic rings. The SMILES string of the molecule is COc1cc(Cc2ncc(-c3ccccc3-c3ccc4c(ccc5c6ccc(-c7ccccc7-c7cnc(Cc8ccc(-c9cnco9)c(OC)c8)o7)cc6ccc45)c3)o2)ccc1-c1ccco1.COc1cc(Cc2ncc(-c3ccccc3Br)o2)ccc1-c1cnco1.Cc1ccc2c(ccc3c4ccc(B(O)O)cc4ccc23)c1. The summed E-state index contributed by atoms with van der Waals surface area (Å²) in [6.07, 6.45) is 14.8. The van der Waals surface area contributed by atoms with Crippen molar-refractivity contribution >= 4 is 93.1 Å². The lowest BCUT2D eigenvalue weighted by Gasteiger charge is -2.13. The first-order valence-electron chi connectivity index (χ1n) is 37.7. The molecule has 116 heavy (non-hydrogen) atoms. The number of methoxy groups -OCH3 is 3. The molecule has 0 atom stereocenters. The fourth-order valence-corrected chi connectivity index (χ4v) is 15.8. The van der Waals surface area contributed by atoms with Crippen molar-refractivity contribution in [3.05, 3.63) is 355 Å². The zero-order valence-corrected chi connectivity index (χ0v) is 64.9. The zero-order chi connectivity index (χ0) is 78.8. The number of benzene rings is 14. The summed E-state index contributed by atoms with van der Waals surface area (Å²) in [5, 5.41) is 32.8. The maximum absolute atomic E-state index is 9.32. The second-order valence-electron chi connectivity index (χ2n) is 28.2. The van der Waals surface area contributed by atoms with E-state index in [0.29, 0.717) is 65.4 Å². The monoisotopic (exact) mass is 1580 g/mol. The van der Waals surface area contributed by atoms with Crippen LogP contribution >= 0.6 is 15.9 Å². The van der Waals surface area contributed by atoms with Crippen molar-refractivity contribution in [2.24, 2.45) is 0 Å². The third kappa shape index (κ3) is 14.9. The molecule has 564 valence electrons. The number of aryl methyl sites for hydroxylation is 1. The van der Waals surface area contributed by atoms with Crippen LogP contribution < -0.4 is 19.7 Å². The van der Waals surface area contributed by atoms with E-state index in [1.54, 1.807) is 52.2 Å². The van der Waals surface area contributed by atoms with Crippen LogP contribution in [-0.4, -0.2) is 63.4 Å². The molecule has 0 aliphatic carbocycles. The van der Waals surface area contributed by atoms with Gasteiger partial charge in [-0.25, -0.2) is 24.9 Å². The first-order chi connectivity index (χ1) is 56.9. The van der Waals surface area contributed by atoms with Gasteiger partial charge in [0.15, 0.2) is 59.3 Å². The highest BCUT2D eigenvalue weighted by atomic mass is 79.9. The lowest BCUT2D eigenvalue weighted by atomic mass is 9.79. The molecule has 18 heteroatoms. The Kier molecular flexibility index (Phi) is 20.3. The number of hydrogen-bond acceptors (Lipinski definition) is 16. The number of hydrogen-bond donors (Lipinski definition) is 2. The Balaban J connectivity index is 0.000000156. The molecule has 0 bridgehead atoms. The van der Waals surface area contributed by atoms with Gasteiger partial charge in [-0.05, 0) is 183 Å². The van der Waals surface area contributed by atoms with E-state index in [-0.39, 0.29) is 0 Å². The van der Waals surface area contributed by atoms with Crippen LogP contribution in [-0.2, 0) is 19.3 Å². The largest absolute Gasteiger partial charge is 0.496 e. The molecule has 0 saturated carbocycles. The molecule has 0 fully saturated rings. The van der Waals surface area contributed by atoms with Gasteiger partial charge >= 0.3 is 7.12 Å². The van der Waals surface area contributed by atoms with Crippen molar-refractivity contribution in [1.29, 1.82) is 0 Å². The molecule has 20 rings (SSSR count). The van der Waals surface area contributed by atoms with Gasteiger partial charge in [0.25, 0.3) is 0 Å². The van der Waals surface area contributed by atoms with Gasteiger partial charge in [-0.3, -0.25) is 0 Å². The summed E-state index contributed by atoms with van der Waals surface area (Å²) >= 11 is 3.54. The Labute approximate surface area is 674 Å². The number of nitrogens with zero attached hydrogens (tertiary/aromatic N) is 5. The molecule has 6 heterocycles. The topological polar surface area (TPSA) is 211 Å². The number of halogens is 1. The van der Waals surface area contributed by atoms with Crippen LogP contribution in [0.25, 0.3) is 155 Å². The van der Waals surface area contributed by atoms with Gasteiger partial charge in [-0.1, -0.05) is 216 Å². The van der Waals surface area contributed by atoms with Gasteiger partial charge in [0.05, 0.1) is 75.3 Å². The summed E-state index contributed by atoms with van der Waals surface area (Å²) in [4.78, 5) is 21.8. The number of ether oxygens (including phenoxy) is 3. The lowest BCUT2D eigenvalue weighted by molar-refractivity contribution is 0.413. The highest BCUT2D eigenvalue weighted by Crippen LogP contribution is 2.43. The number of rotatable bonds is 18. The van der Waals surface area contributed by atoms with E-state index in [0.717, 1.165) is 127 Å². The number of aromatic nitrogens is 5. The first-order valence-corrected chi connectivity index (χ1v) is 38.5. The molecule has 0 amide bonds. The second kappa shape index (κ2) is 32.1. The highest BCUT2D eigenvalue weighted by Gasteiger charge is 2.21. The minimum atomic E-state index is -1.43. The minimum Gasteiger partial charge on any atom is -0.496 e. The molecule has 0 spiro atoms. The molecule has 2 N–H and O–H groups in total. The van der Waals surface area contributed by atoms with Crippen molar-refractivity contribution in [3.8, 4) is 107 Å². The standard InChI is InChI=1S/C59H41N3O6.C20H15BrN2O3.C19H15BO2/c1-63-53-26-36(13-19-50(53)52-12-7-25-65-52)28-58-61-33-56(67-58)48-10-5-3-8-42(48)38-15-21-44-40(30-38)17-23-47-45-22-16-39(31-41(45)18-24-46(44)47)43-9-4-6-11-49(43)57-34-62-59(68-57)29-37-14-20-51(54(27-37)64-2)55-32-60-35-66-55;1-24-17-8-13(6-7-15(17)18-10-22-12-25-18)9-20-23-11-19(26-20)14-4-2-3-5-16(14)21;1-12-2-6-16-13(10-12)3-7-19-17-9-5-15(20(21)22)11-14(17)4-8-18(16)19/h3-27,30-35H,28-29H2,1-2H3;2-8,10-12H,9H2,1H3;2-11,21-22H,1H3. The maximum atomic E-state index is 9.32. The maximum Gasteiger partial charge on any atom is 0.488 e. The smallest absolute Gasteiger partial charge is 0.488 e. The number of furan rings is 1. The summed E-state index contributed by atoms with van der Waals surface area (Å²) in [5.41, 5.74) is 14.7. The quantitative estimate of drug-likeness (QED) is 0.0604. The fourth-order valence-electron chi connectivity index (χ4n) is 15.3. The van der Waals surface area contributed by atoms with Crippen LogP contribution in [0.15, 0.2) is 342 Å². The van der Waals surface area contributed by atoms with Gasteiger partial charge in [-0.2, -0.15) is 0 Å². The van der Waals surface area contributed by atoms with Crippen molar-refractivity contribution in [2.75, 3.05) is 21.3 Å². The van der Waals surface area contributed by atoms with Gasteiger partial charge in [-0.15, -0.1) is 0 Å². The average molecular weight is 1590 g/mol. The first kappa shape index (κ1) is 73.3. The number of fused-ring (bicyclic) bond motifs is 10. The Hall–Kier alpha value is -14.2. The van der Waals surface area contributed by atoms with E-state index in [1.807, 2.05) is 128 Å². The van der Waals surface area contributed by atoms with E-state index in [4.69, 9.17) is 40.7 Å². The van der Waals surface area contributed by atoms with Crippen LogP contribution in [0.2, 0.25) is 0 Å². The Morgan fingerprint density at radius 3 is 1.13 bits per heavy atom. The normalized spacial score (nSPS) is 11.3. The summed E-state index contributed by atoms with van der Waals surface area (Å²) in [6.45, 7) is 2.10. The van der Waals surface area contributed by atoms with Crippen molar-refractivity contribution in [2.45, 2.75) is 26.2 Å². The molecule has 0 radical (unpaired) electrons. The van der Waals surface area contributed by atoms with Crippen LogP contribution in [0.5, 0.6) is 17.2 Å². The summed E-state index contributed by atoms with van der Waals surface area (Å²) in [6, 6.07) is 89.2. The van der Waals surface area contributed by atoms with Crippen LogP contribution in [0.3, 0.4) is 0 Å². The Morgan fingerprint density at radius 2 is 0.716 bits per heavy atom. The second-order valence-corrected chi connectivity index (χ2v) is 29.0.